The largest absolute Gasteiger partial charge is 0.320 e. The first-order valence-electron chi connectivity index (χ1n) is 4.78. The molecule has 0 bridgehead atoms. The van der Waals surface area contributed by atoms with Gasteiger partial charge in [0.25, 0.3) is 0 Å². The van der Waals surface area contributed by atoms with E-state index in [0.29, 0.717) is 0 Å². The lowest BCUT2D eigenvalue weighted by atomic mass is 10.1. The van der Waals surface area contributed by atoms with Gasteiger partial charge in [-0.25, -0.2) is 9.97 Å². The highest BCUT2D eigenvalue weighted by Crippen LogP contribution is 2.41. The van der Waals surface area contributed by atoms with Crippen molar-refractivity contribution in [3.63, 3.8) is 0 Å². The van der Waals surface area contributed by atoms with Crippen molar-refractivity contribution in [2.75, 3.05) is 0 Å². The summed E-state index contributed by atoms with van der Waals surface area (Å²) < 4.78 is 0. The maximum absolute atomic E-state index is 6.07. The lowest BCUT2D eigenvalue weighted by Crippen LogP contribution is -2.21. The van der Waals surface area contributed by atoms with Gasteiger partial charge in [-0.2, -0.15) is 0 Å². The molecule has 0 radical (unpaired) electrons. The van der Waals surface area contributed by atoms with Crippen molar-refractivity contribution in [2.24, 2.45) is 5.73 Å². The third-order valence-corrected chi connectivity index (χ3v) is 2.55. The number of aromatic nitrogens is 2. The number of hydrogen-bond acceptors (Lipinski definition) is 3. The summed E-state index contributed by atoms with van der Waals surface area (Å²) in [6.45, 7) is 4.02. The Morgan fingerprint density at radius 3 is 2.69 bits per heavy atom. The molecule has 2 rings (SSSR count). The molecule has 1 saturated carbocycles. The maximum Gasteiger partial charge on any atom is 0.125 e. The van der Waals surface area contributed by atoms with Crippen molar-refractivity contribution < 1.29 is 0 Å². The summed E-state index contributed by atoms with van der Waals surface area (Å²) in [7, 11) is 0. The van der Waals surface area contributed by atoms with E-state index in [4.69, 9.17) is 5.73 Å². The fourth-order valence-electron chi connectivity index (χ4n) is 1.46. The first-order valence-corrected chi connectivity index (χ1v) is 4.78. The Hall–Kier alpha value is -0.960. The van der Waals surface area contributed by atoms with Crippen molar-refractivity contribution in [3.05, 3.63) is 23.3 Å². The molecule has 1 aromatic heterocycles. The molecule has 0 saturated heterocycles. The molecule has 0 aliphatic heterocycles. The minimum Gasteiger partial charge on any atom is -0.320 e. The minimum atomic E-state index is -0.127. The van der Waals surface area contributed by atoms with Crippen molar-refractivity contribution >= 4 is 0 Å². The highest BCUT2D eigenvalue weighted by atomic mass is 15.0. The van der Waals surface area contributed by atoms with E-state index in [9.17, 15) is 0 Å². The highest BCUT2D eigenvalue weighted by molar-refractivity contribution is 5.24. The summed E-state index contributed by atoms with van der Waals surface area (Å²) in [6, 6.07) is 2.04. The molecule has 1 fully saturated rings. The topological polar surface area (TPSA) is 51.8 Å². The minimum absolute atomic E-state index is 0.127. The molecule has 0 atom stereocenters. The Labute approximate surface area is 78.4 Å². The molecular formula is C10H15N3. The summed E-state index contributed by atoms with van der Waals surface area (Å²) in [5.74, 6) is 0.839. The Balaban J connectivity index is 2.40. The number of nitrogens with zero attached hydrogens (tertiary/aromatic N) is 2. The van der Waals surface area contributed by atoms with Gasteiger partial charge in [0.1, 0.15) is 5.82 Å². The molecule has 0 unspecified atom stereocenters. The van der Waals surface area contributed by atoms with E-state index in [0.717, 1.165) is 36.5 Å². The Bertz CT molecular complexity index is 329. The molecular weight excluding hydrogens is 162 g/mol. The molecule has 70 valence electrons. The molecule has 3 heteroatoms. The molecule has 1 aliphatic rings. The lowest BCUT2D eigenvalue weighted by molar-refractivity contribution is 0.691. The van der Waals surface area contributed by atoms with Crippen LogP contribution in [0.15, 0.2) is 6.07 Å². The summed E-state index contributed by atoms with van der Waals surface area (Å²) in [6.07, 6.45) is 3.08. The molecule has 13 heavy (non-hydrogen) atoms. The van der Waals surface area contributed by atoms with Crippen LogP contribution in [0.3, 0.4) is 0 Å². The van der Waals surface area contributed by atoms with Crippen LogP contribution in [0.2, 0.25) is 0 Å². The predicted molar refractivity (Wildman–Crippen MR) is 51.2 cm³/mol. The van der Waals surface area contributed by atoms with E-state index in [1.54, 1.807) is 0 Å². The summed E-state index contributed by atoms with van der Waals surface area (Å²) in [5, 5.41) is 0. The van der Waals surface area contributed by atoms with Gasteiger partial charge in [0.2, 0.25) is 0 Å². The monoisotopic (exact) mass is 177 g/mol. The smallest absolute Gasteiger partial charge is 0.125 e. The molecule has 1 aliphatic carbocycles. The first kappa shape index (κ1) is 8.63. The summed E-state index contributed by atoms with van der Waals surface area (Å²) in [5.41, 5.74) is 8.06. The van der Waals surface area contributed by atoms with Crippen LogP contribution in [0.4, 0.5) is 0 Å². The maximum atomic E-state index is 6.07. The van der Waals surface area contributed by atoms with E-state index in [-0.39, 0.29) is 5.54 Å². The lowest BCUT2D eigenvalue weighted by Gasteiger charge is -2.09. The molecule has 1 aromatic rings. The second-order valence-electron chi connectivity index (χ2n) is 3.80. The van der Waals surface area contributed by atoms with Gasteiger partial charge in [0.05, 0.1) is 11.2 Å². The van der Waals surface area contributed by atoms with Crippen LogP contribution in [0.1, 0.15) is 37.0 Å². The van der Waals surface area contributed by atoms with Gasteiger partial charge >= 0.3 is 0 Å². The molecule has 0 amide bonds. The van der Waals surface area contributed by atoms with Crippen LogP contribution in [-0.2, 0) is 12.0 Å². The predicted octanol–water partition coefficient (Wildman–Crippen LogP) is 1.30. The van der Waals surface area contributed by atoms with Crippen molar-refractivity contribution in [3.8, 4) is 0 Å². The van der Waals surface area contributed by atoms with E-state index in [1.807, 2.05) is 13.0 Å². The zero-order valence-corrected chi connectivity index (χ0v) is 8.17. The molecule has 1 heterocycles. The quantitative estimate of drug-likeness (QED) is 0.740. The normalized spacial score (nSPS) is 18.7. The zero-order chi connectivity index (χ0) is 9.47. The summed E-state index contributed by atoms with van der Waals surface area (Å²) in [4.78, 5) is 8.71. The second kappa shape index (κ2) is 2.77. The second-order valence-corrected chi connectivity index (χ2v) is 3.80. The van der Waals surface area contributed by atoms with Gasteiger partial charge in [-0.1, -0.05) is 6.92 Å². The standard InChI is InChI=1S/C10H15N3/c1-3-8-6-9(10(11)4-5-10)13-7(2)12-8/h6H,3-5,11H2,1-2H3. The average Bonchev–Trinajstić information content (AvgIpc) is 2.84. The van der Waals surface area contributed by atoms with Crippen LogP contribution in [0.5, 0.6) is 0 Å². The number of hydrogen-bond donors (Lipinski definition) is 1. The van der Waals surface area contributed by atoms with Crippen LogP contribution < -0.4 is 5.73 Å². The van der Waals surface area contributed by atoms with Crippen molar-refractivity contribution in [1.29, 1.82) is 0 Å². The fourth-order valence-corrected chi connectivity index (χ4v) is 1.46. The number of rotatable bonds is 2. The van der Waals surface area contributed by atoms with Crippen molar-refractivity contribution in [2.45, 2.75) is 38.6 Å². The average molecular weight is 177 g/mol. The van der Waals surface area contributed by atoms with Gasteiger partial charge < -0.3 is 5.73 Å². The Kier molecular flexibility index (Phi) is 1.84. The SMILES string of the molecule is CCc1cc(C2(N)CC2)nc(C)n1. The van der Waals surface area contributed by atoms with Crippen LogP contribution >= 0.6 is 0 Å². The number of aryl methyl sites for hydroxylation is 2. The van der Waals surface area contributed by atoms with Gasteiger partial charge in [0.15, 0.2) is 0 Å². The Morgan fingerprint density at radius 1 is 1.46 bits per heavy atom. The third-order valence-electron chi connectivity index (χ3n) is 2.55. The van der Waals surface area contributed by atoms with E-state index in [1.165, 1.54) is 0 Å². The van der Waals surface area contributed by atoms with Gasteiger partial charge in [-0.3, -0.25) is 0 Å². The summed E-state index contributed by atoms with van der Waals surface area (Å²) >= 11 is 0. The van der Waals surface area contributed by atoms with Crippen LogP contribution in [0, 0.1) is 6.92 Å². The van der Waals surface area contributed by atoms with E-state index >= 15 is 0 Å². The fraction of sp³-hybridized carbons (Fsp3) is 0.600. The van der Waals surface area contributed by atoms with Gasteiger partial charge in [-0.15, -0.1) is 0 Å². The third kappa shape index (κ3) is 1.56. The molecule has 0 aromatic carbocycles. The highest BCUT2D eigenvalue weighted by Gasteiger charge is 2.41. The molecule has 2 N–H and O–H groups in total. The molecule has 3 nitrogen and oxygen atoms in total. The van der Waals surface area contributed by atoms with E-state index in [2.05, 4.69) is 16.9 Å². The van der Waals surface area contributed by atoms with Crippen LogP contribution in [-0.4, -0.2) is 9.97 Å². The molecule has 0 spiro atoms. The first-order chi connectivity index (χ1) is 6.14. The Morgan fingerprint density at radius 2 is 2.15 bits per heavy atom. The van der Waals surface area contributed by atoms with E-state index < -0.39 is 0 Å². The van der Waals surface area contributed by atoms with Gasteiger partial charge in [-0.05, 0) is 32.3 Å². The van der Waals surface area contributed by atoms with Gasteiger partial charge in [0, 0.05) is 5.69 Å². The zero-order valence-electron chi connectivity index (χ0n) is 8.17. The number of nitrogens with two attached hydrogens (primary N) is 1. The van der Waals surface area contributed by atoms with Crippen molar-refractivity contribution in [1.82, 2.24) is 9.97 Å². The van der Waals surface area contributed by atoms with Crippen LogP contribution in [0.25, 0.3) is 0 Å².